The van der Waals surface area contributed by atoms with Gasteiger partial charge in [0, 0.05) is 37.4 Å². The highest BCUT2D eigenvalue weighted by Gasteiger charge is 2.38. The first kappa shape index (κ1) is 15.4. The van der Waals surface area contributed by atoms with Crippen LogP contribution >= 0.6 is 11.6 Å². The number of nitrogens with zero attached hydrogens (tertiary/aromatic N) is 5. The highest BCUT2D eigenvalue weighted by atomic mass is 35.5. The van der Waals surface area contributed by atoms with E-state index in [0.29, 0.717) is 23.0 Å². The first-order valence-electron chi connectivity index (χ1n) is 8.26. The molecule has 2 aliphatic rings. The summed E-state index contributed by atoms with van der Waals surface area (Å²) in [5.74, 6) is 2.43. The third-order valence-corrected chi connectivity index (χ3v) is 4.93. The van der Waals surface area contributed by atoms with Crippen molar-refractivity contribution in [1.29, 1.82) is 0 Å². The van der Waals surface area contributed by atoms with E-state index >= 15 is 0 Å². The number of halogens is 1. The Bertz CT molecular complexity index is 724. The number of ether oxygens (including phenoxy) is 1. The zero-order valence-electron chi connectivity index (χ0n) is 13.6. The number of hydrogen-bond acceptors (Lipinski definition) is 6. The van der Waals surface area contributed by atoms with Crippen LogP contribution in [-0.4, -0.2) is 47.2 Å². The van der Waals surface area contributed by atoms with Crippen LogP contribution in [0.4, 0.5) is 11.6 Å². The molecule has 1 saturated carbocycles. The Morgan fingerprint density at radius 2 is 2.08 bits per heavy atom. The van der Waals surface area contributed by atoms with Gasteiger partial charge in [0.25, 0.3) is 0 Å². The second-order valence-corrected chi connectivity index (χ2v) is 6.66. The minimum atomic E-state index is 0.398. The Morgan fingerprint density at radius 1 is 1.21 bits per heavy atom. The molecule has 1 aliphatic heterocycles. The Morgan fingerprint density at radius 3 is 2.83 bits per heavy atom. The zero-order chi connectivity index (χ0) is 16.5. The summed E-state index contributed by atoms with van der Waals surface area (Å²) in [6.45, 7) is 1.85. The van der Waals surface area contributed by atoms with Crippen LogP contribution in [0, 0.1) is 0 Å². The molecule has 24 heavy (non-hydrogen) atoms. The van der Waals surface area contributed by atoms with Crippen molar-refractivity contribution in [2.24, 2.45) is 0 Å². The Balaban J connectivity index is 1.56. The molecule has 2 aromatic heterocycles. The Hall–Kier alpha value is -2.08. The van der Waals surface area contributed by atoms with Crippen molar-refractivity contribution < 1.29 is 4.74 Å². The van der Waals surface area contributed by atoms with E-state index in [1.54, 1.807) is 19.6 Å². The van der Waals surface area contributed by atoms with Gasteiger partial charge in [-0.3, -0.25) is 0 Å². The van der Waals surface area contributed by atoms with Gasteiger partial charge in [-0.05, 0) is 31.4 Å². The maximum atomic E-state index is 6.31. The summed E-state index contributed by atoms with van der Waals surface area (Å²) in [5.41, 5.74) is 0. The zero-order valence-corrected chi connectivity index (χ0v) is 14.4. The predicted octanol–water partition coefficient (Wildman–Crippen LogP) is 2.78. The molecule has 0 N–H and O–H groups in total. The molecule has 0 aromatic carbocycles. The predicted molar refractivity (Wildman–Crippen MR) is 94.0 cm³/mol. The Kier molecular flexibility index (Phi) is 4.14. The van der Waals surface area contributed by atoms with E-state index in [9.17, 15) is 0 Å². The van der Waals surface area contributed by atoms with Gasteiger partial charge in [0.1, 0.15) is 18.0 Å². The summed E-state index contributed by atoms with van der Waals surface area (Å²) in [6.07, 6.45) is 6.87. The smallest absolute Gasteiger partial charge is 0.218 e. The molecule has 126 valence electrons. The van der Waals surface area contributed by atoms with Crippen LogP contribution in [0.1, 0.15) is 19.3 Å². The van der Waals surface area contributed by atoms with E-state index in [2.05, 4.69) is 24.8 Å². The second kappa shape index (κ2) is 6.43. The van der Waals surface area contributed by atoms with Gasteiger partial charge >= 0.3 is 0 Å². The molecular formula is C17H20ClN5O. The summed E-state index contributed by atoms with van der Waals surface area (Å²) in [7, 11) is 1.63. The fraction of sp³-hybridized carbons (Fsp3) is 0.471. The molecule has 1 unspecified atom stereocenters. The summed E-state index contributed by atoms with van der Waals surface area (Å²) in [4.78, 5) is 17.7. The maximum absolute atomic E-state index is 6.31. The molecular weight excluding hydrogens is 326 g/mol. The molecule has 1 atom stereocenters. The molecule has 0 radical (unpaired) electrons. The van der Waals surface area contributed by atoms with Gasteiger partial charge in [-0.2, -0.15) is 0 Å². The van der Waals surface area contributed by atoms with E-state index in [1.807, 2.05) is 18.2 Å². The summed E-state index contributed by atoms with van der Waals surface area (Å²) in [6, 6.07) is 6.65. The average molecular weight is 346 g/mol. The molecule has 1 aliphatic carbocycles. The number of pyridine rings is 1. The summed E-state index contributed by atoms with van der Waals surface area (Å²) in [5, 5.41) is 0.708. The second-order valence-electron chi connectivity index (χ2n) is 6.25. The van der Waals surface area contributed by atoms with Crippen molar-refractivity contribution in [2.75, 3.05) is 30.0 Å². The fourth-order valence-corrected chi connectivity index (χ4v) is 3.62. The van der Waals surface area contributed by atoms with Crippen molar-refractivity contribution in [3.63, 3.8) is 0 Å². The lowest BCUT2D eigenvalue weighted by Crippen LogP contribution is -2.40. The van der Waals surface area contributed by atoms with Gasteiger partial charge in [-0.15, -0.1) is 0 Å². The lowest BCUT2D eigenvalue weighted by atomic mass is 10.2. The minimum absolute atomic E-state index is 0.398. The summed E-state index contributed by atoms with van der Waals surface area (Å²) >= 11 is 6.31. The van der Waals surface area contributed by atoms with Gasteiger partial charge in [-0.25, -0.2) is 15.0 Å². The Labute approximate surface area is 146 Å². The van der Waals surface area contributed by atoms with Crippen LogP contribution < -0.4 is 14.5 Å². The van der Waals surface area contributed by atoms with Crippen LogP contribution in [-0.2, 0) is 0 Å². The first-order chi connectivity index (χ1) is 11.8. The highest BCUT2D eigenvalue weighted by Crippen LogP contribution is 2.37. The number of anilines is 2. The molecule has 7 heteroatoms. The third kappa shape index (κ3) is 2.98. The largest absolute Gasteiger partial charge is 0.481 e. The molecule has 1 saturated heterocycles. The normalized spacial score (nSPS) is 20.2. The van der Waals surface area contributed by atoms with E-state index < -0.39 is 0 Å². The number of rotatable bonds is 5. The summed E-state index contributed by atoms with van der Waals surface area (Å²) < 4.78 is 5.26. The van der Waals surface area contributed by atoms with Crippen molar-refractivity contribution >= 4 is 23.2 Å². The molecule has 0 amide bonds. The van der Waals surface area contributed by atoms with E-state index in [0.717, 1.165) is 31.1 Å². The van der Waals surface area contributed by atoms with Gasteiger partial charge in [-0.1, -0.05) is 11.6 Å². The molecule has 0 spiro atoms. The topological polar surface area (TPSA) is 54.4 Å². The highest BCUT2D eigenvalue weighted by molar-refractivity contribution is 6.32. The van der Waals surface area contributed by atoms with Crippen LogP contribution in [0.2, 0.25) is 5.02 Å². The van der Waals surface area contributed by atoms with Crippen LogP contribution in [0.3, 0.4) is 0 Å². The number of aromatic nitrogens is 3. The monoisotopic (exact) mass is 345 g/mol. The average Bonchev–Trinajstić information content (AvgIpc) is 3.33. The number of hydrogen-bond donors (Lipinski definition) is 0. The molecule has 2 fully saturated rings. The van der Waals surface area contributed by atoms with Gasteiger partial charge in [0.15, 0.2) is 0 Å². The SMILES string of the molecule is COc1cc(N(C2CC2)C2CCN(c3ncccc3Cl)C2)ncn1. The van der Waals surface area contributed by atoms with Gasteiger partial charge < -0.3 is 14.5 Å². The fourth-order valence-electron chi connectivity index (χ4n) is 3.38. The van der Waals surface area contributed by atoms with E-state index in [1.165, 1.54) is 12.8 Å². The van der Waals surface area contributed by atoms with Crippen molar-refractivity contribution in [2.45, 2.75) is 31.3 Å². The minimum Gasteiger partial charge on any atom is -0.481 e. The lowest BCUT2D eigenvalue weighted by molar-refractivity contribution is 0.396. The van der Waals surface area contributed by atoms with Crippen molar-refractivity contribution in [1.82, 2.24) is 15.0 Å². The molecule has 6 nitrogen and oxygen atoms in total. The molecule has 4 rings (SSSR count). The van der Waals surface area contributed by atoms with Gasteiger partial charge in [0.2, 0.25) is 5.88 Å². The molecule has 2 aromatic rings. The van der Waals surface area contributed by atoms with E-state index in [-0.39, 0.29) is 0 Å². The number of methoxy groups -OCH3 is 1. The van der Waals surface area contributed by atoms with E-state index in [4.69, 9.17) is 16.3 Å². The van der Waals surface area contributed by atoms with Crippen LogP contribution in [0.25, 0.3) is 0 Å². The van der Waals surface area contributed by atoms with Gasteiger partial charge in [0.05, 0.1) is 12.1 Å². The maximum Gasteiger partial charge on any atom is 0.218 e. The van der Waals surface area contributed by atoms with Crippen LogP contribution in [0.5, 0.6) is 5.88 Å². The quantitative estimate of drug-likeness (QED) is 0.830. The first-order valence-corrected chi connectivity index (χ1v) is 8.64. The van der Waals surface area contributed by atoms with Crippen molar-refractivity contribution in [3.05, 3.63) is 35.7 Å². The third-order valence-electron chi connectivity index (χ3n) is 4.64. The van der Waals surface area contributed by atoms with Crippen molar-refractivity contribution in [3.8, 4) is 5.88 Å². The standard InChI is InChI=1S/C17H20ClN5O/c1-24-16-9-15(20-11-21-16)23(12-4-5-12)13-6-8-22(10-13)17-14(18)3-2-7-19-17/h2-3,7,9,11-13H,4-6,8,10H2,1H3. The van der Waals surface area contributed by atoms with Crippen LogP contribution in [0.15, 0.2) is 30.7 Å². The molecule has 0 bridgehead atoms. The molecule has 3 heterocycles. The lowest BCUT2D eigenvalue weighted by Gasteiger charge is -2.30.